The average molecular weight is 499 g/mol. The van der Waals surface area contributed by atoms with E-state index in [0.717, 1.165) is 65.0 Å². The molecule has 1 amide bonds. The van der Waals surface area contributed by atoms with E-state index in [-0.39, 0.29) is 18.1 Å². The molecule has 0 radical (unpaired) electrons. The highest BCUT2D eigenvalue weighted by Crippen LogP contribution is 2.41. The summed E-state index contributed by atoms with van der Waals surface area (Å²) in [4.78, 5) is 24.4. The number of aliphatic hydroxyl groups is 1. The van der Waals surface area contributed by atoms with Gasteiger partial charge >= 0.3 is 0 Å². The maximum Gasteiger partial charge on any atom is 0.254 e. The van der Waals surface area contributed by atoms with Crippen molar-refractivity contribution in [2.24, 2.45) is 7.05 Å². The Bertz CT molecular complexity index is 1420. The van der Waals surface area contributed by atoms with Crippen molar-refractivity contribution < 1.29 is 9.90 Å². The van der Waals surface area contributed by atoms with Crippen molar-refractivity contribution in [2.75, 3.05) is 23.3 Å². The van der Waals surface area contributed by atoms with Crippen molar-refractivity contribution in [2.45, 2.75) is 45.8 Å². The third kappa shape index (κ3) is 4.53. The predicted molar refractivity (Wildman–Crippen MR) is 148 cm³/mol. The van der Waals surface area contributed by atoms with Crippen LogP contribution < -0.4 is 15.5 Å². The topological polar surface area (TPSA) is 95.3 Å². The monoisotopic (exact) mass is 498 g/mol. The number of nitrogens with zero attached hydrogens (tertiary/aromatic N) is 4. The number of amides is 1. The fourth-order valence-corrected chi connectivity index (χ4v) is 5.30. The minimum absolute atomic E-state index is 0.0845. The van der Waals surface area contributed by atoms with E-state index >= 15 is 0 Å². The van der Waals surface area contributed by atoms with Crippen molar-refractivity contribution in [3.63, 3.8) is 0 Å². The lowest BCUT2D eigenvalue weighted by molar-refractivity contribution is 0.0959. The Kier molecular flexibility index (Phi) is 6.84. The van der Waals surface area contributed by atoms with E-state index in [4.69, 9.17) is 0 Å². The molecule has 6 rings (SSSR count). The molecule has 0 spiro atoms. The number of anilines is 3. The minimum atomic E-state index is -0.205. The fourth-order valence-electron chi connectivity index (χ4n) is 5.30. The van der Waals surface area contributed by atoms with Crippen LogP contribution in [0.5, 0.6) is 0 Å². The van der Waals surface area contributed by atoms with Gasteiger partial charge < -0.3 is 25.2 Å². The van der Waals surface area contributed by atoms with Crippen LogP contribution in [0.25, 0.3) is 22.2 Å². The van der Waals surface area contributed by atoms with Crippen molar-refractivity contribution in [1.29, 1.82) is 0 Å². The van der Waals surface area contributed by atoms with Crippen LogP contribution in [0, 0.1) is 0 Å². The Morgan fingerprint density at radius 3 is 2.54 bits per heavy atom. The maximum atomic E-state index is 13.0. The summed E-state index contributed by atoms with van der Waals surface area (Å²) in [7, 11) is 1.98. The van der Waals surface area contributed by atoms with Crippen LogP contribution in [0.1, 0.15) is 55.6 Å². The number of benzene rings is 1. The van der Waals surface area contributed by atoms with Gasteiger partial charge in [-0.25, -0.2) is 9.97 Å². The van der Waals surface area contributed by atoms with Gasteiger partial charge in [-0.3, -0.25) is 4.79 Å². The van der Waals surface area contributed by atoms with Gasteiger partial charge in [0.25, 0.3) is 5.91 Å². The van der Waals surface area contributed by atoms with E-state index in [1.807, 2.05) is 75.2 Å². The SMILES string of the molecule is CC.CC1NC(=O)c2c(Nc3ccc(N4CCC(O)CC4)cn3)ccc(-c3ccnc4c3ccn4C)c21. The van der Waals surface area contributed by atoms with Crippen LogP contribution >= 0.6 is 0 Å². The Labute approximate surface area is 217 Å². The lowest BCUT2D eigenvalue weighted by atomic mass is 9.91. The van der Waals surface area contributed by atoms with E-state index < -0.39 is 0 Å². The molecule has 3 N–H and O–H groups in total. The molecule has 8 nitrogen and oxygen atoms in total. The second-order valence-electron chi connectivity index (χ2n) is 9.41. The third-order valence-corrected chi connectivity index (χ3v) is 7.15. The Morgan fingerprint density at radius 1 is 1.03 bits per heavy atom. The molecule has 1 atom stereocenters. The first kappa shape index (κ1) is 24.8. The number of pyridine rings is 2. The Morgan fingerprint density at radius 2 is 1.81 bits per heavy atom. The number of hydrogen-bond acceptors (Lipinski definition) is 6. The number of aromatic nitrogens is 3. The van der Waals surface area contributed by atoms with Gasteiger partial charge in [-0.2, -0.15) is 0 Å². The highest BCUT2D eigenvalue weighted by atomic mass is 16.3. The summed E-state index contributed by atoms with van der Waals surface area (Å²) in [6.07, 6.45) is 7.02. The van der Waals surface area contributed by atoms with Crippen molar-refractivity contribution in [1.82, 2.24) is 19.9 Å². The summed E-state index contributed by atoms with van der Waals surface area (Å²) in [6, 6.07) is 12.0. The molecule has 3 aromatic heterocycles. The van der Waals surface area contributed by atoms with Crippen molar-refractivity contribution in [3.8, 4) is 11.1 Å². The summed E-state index contributed by atoms with van der Waals surface area (Å²) in [5.74, 6) is 0.598. The molecule has 37 heavy (non-hydrogen) atoms. The molecule has 1 fully saturated rings. The number of piperidine rings is 1. The molecule has 8 heteroatoms. The number of rotatable bonds is 4. The van der Waals surface area contributed by atoms with Gasteiger partial charge in [-0.1, -0.05) is 19.9 Å². The molecule has 2 aliphatic heterocycles. The molecule has 0 bridgehead atoms. The molecule has 4 aromatic rings. The maximum absolute atomic E-state index is 13.0. The second-order valence-corrected chi connectivity index (χ2v) is 9.41. The lowest BCUT2D eigenvalue weighted by Gasteiger charge is -2.31. The van der Waals surface area contributed by atoms with E-state index in [1.54, 1.807) is 0 Å². The average Bonchev–Trinajstić information content (AvgIpc) is 3.45. The molecule has 1 unspecified atom stereocenters. The van der Waals surface area contributed by atoms with Crippen molar-refractivity contribution in [3.05, 3.63) is 66.1 Å². The van der Waals surface area contributed by atoms with Gasteiger partial charge in [0.05, 0.1) is 35.3 Å². The van der Waals surface area contributed by atoms with Gasteiger partial charge in [-0.05, 0) is 66.8 Å². The Hall–Kier alpha value is -3.91. The highest BCUT2D eigenvalue weighted by Gasteiger charge is 2.32. The van der Waals surface area contributed by atoms with Gasteiger partial charge in [0.1, 0.15) is 11.5 Å². The van der Waals surface area contributed by atoms with Gasteiger partial charge in [0.15, 0.2) is 0 Å². The smallest absolute Gasteiger partial charge is 0.254 e. The summed E-state index contributed by atoms with van der Waals surface area (Å²) >= 11 is 0. The number of fused-ring (bicyclic) bond motifs is 2. The van der Waals surface area contributed by atoms with Crippen LogP contribution in [0.15, 0.2) is 55.0 Å². The van der Waals surface area contributed by atoms with E-state index in [9.17, 15) is 9.90 Å². The van der Waals surface area contributed by atoms with Gasteiger partial charge in [0.2, 0.25) is 0 Å². The standard InChI is InChI=1S/C27H28N6O2.C2H6/c1-16-24-20(19-7-11-28-26-21(19)10-12-32(26)2)4-5-22(25(24)27(35)30-16)31-23-6-3-17(15-29-23)33-13-8-18(34)9-14-33;1-2/h3-7,10-12,15-16,18,34H,8-9,13-14H2,1-2H3,(H,29,31)(H,30,35);1-2H3. The van der Waals surface area contributed by atoms with Gasteiger partial charge in [-0.15, -0.1) is 0 Å². The lowest BCUT2D eigenvalue weighted by Crippen LogP contribution is -2.35. The number of carbonyl (C=O) groups excluding carboxylic acids is 1. The quantitative estimate of drug-likeness (QED) is 0.359. The molecular formula is C29H34N6O2. The predicted octanol–water partition coefficient (Wildman–Crippen LogP) is 5.17. The van der Waals surface area contributed by atoms with Gasteiger partial charge in [0, 0.05) is 37.9 Å². The van der Waals surface area contributed by atoms with Crippen LogP contribution in [0.4, 0.5) is 17.2 Å². The molecule has 1 saturated heterocycles. The van der Waals surface area contributed by atoms with E-state index in [1.165, 1.54) is 0 Å². The zero-order chi connectivity index (χ0) is 26.1. The molecule has 1 aromatic carbocycles. The number of carbonyl (C=O) groups is 1. The fraction of sp³-hybridized carbons (Fsp3) is 0.345. The molecule has 2 aliphatic rings. The van der Waals surface area contributed by atoms with E-state index in [2.05, 4.69) is 37.6 Å². The van der Waals surface area contributed by atoms with Crippen LogP contribution in [0.3, 0.4) is 0 Å². The normalized spacial score (nSPS) is 17.3. The van der Waals surface area contributed by atoms with Crippen LogP contribution in [0.2, 0.25) is 0 Å². The molecule has 5 heterocycles. The summed E-state index contributed by atoms with van der Waals surface area (Å²) < 4.78 is 2.00. The van der Waals surface area contributed by atoms with E-state index in [0.29, 0.717) is 11.4 Å². The third-order valence-electron chi connectivity index (χ3n) is 7.15. The molecule has 192 valence electrons. The first-order chi connectivity index (χ1) is 18.0. The van der Waals surface area contributed by atoms with Crippen LogP contribution in [-0.4, -0.2) is 44.7 Å². The summed E-state index contributed by atoms with van der Waals surface area (Å²) in [5, 5.41) is 17.3. The molecular weight excluding hydrogens is 464 g/mol. The first-order valence-electron chi connectivity index (χ1n) is 13.0. The molecule has 0 aliphatic carbocycles. The van der Waals surface area contributed by atoms with Crippen molar-refractivity contribution >= 4 is 34.1 Å². The zero-order valence-corrected chi connectivity index (χ0v) is 21.8. The summed E-state index contributed by atoms with van der Waals surface area (Å²) in [5.41, 5.74) is 6.44. The van der Waals surface area contributed by atoms with Crippen LogP contribution in [-0.2, 0) is 7.05 Å². The first-order valence-corrected chi connectivity index (χ1v) is 13.0. The summed E-state index contributed by atoms with van der Waals surface area (Å²) in [6.45, 7) is 7.67. The minimum Gasteiger partial charge on any atom is -0.393 e. The highest BCUT2D eigenvalue weighted by molar-refractivity contribution is 6.08. The number of aryl methyl sites for hydroxylation is 1. The second kappa shape index (κ2) is 10.2. The zero-order valence-electron chi connectivity index (χ0n) is 21.8. The Balaban J connectivity index is 0.00000137. The largest absolute Gasteiger partial charge is 0.393 e. The number of nitrogens with one attached hydrogen (secondary N) is 2. The molecule has 0 saturated carbocycles. The number of hydrogen-bond donors (Lipinski definition) is 3. The number of aliphatic hydroxyl groups excluding tert-OH is 1.